The number of carbonyl (C=O) groups excluding carboxylic acids is 1. The lowest BCUT2D eigenvalue weighted by molar-refractivity contribution is -0.151. The van der Waals surface area contributed by atoms with Crippen LogP contribution >= 0.6 is 0 Å². The first-order valence-corrected chi connectivity index (χ1v) is 6.09. The predicted molar refractivity (Wildman–Crippen MR) is 66.5 cm³/mol. The SMILES string of the molecule is COC(=O)C(CN)(c1ccccc1)C1CCC1. The highest BCUT2D eigenvalue weighted by Gasteiger charge is 2.49. The number of nitrogens with two attached hydrogens (primary N) is 1. The van der Waals surface area contributed by atoms with Gasteiger partial charge in [0.05, 0.1) is 7.11 Å². The molecule has 0 radical (unpaired) electrons. The Balaban J connectivity index is 2.44. The molecule has 3 nitrogen and oxygen atoms in total. The highest BCUT2D eigenvalue weighted by atomic mass is 16.5. The standard InChI is InChI=1S/C14H19NO2/c1-17-13(16)14(10-15,12-8-5-9-12)11-6-3-2-4-7-11/h2-4,6-7,12H,5,8-10,15H2,1H3. The molecule has 3 heteroatoms. The van der Waals surface area contributed by atoms with Gasteiger partial charge in [-0.1, -0.05) is 36.8 Å². The summed E-state index contributed by atoms with van der Waals surface area (Å²) < 4.78 is 5.00. The molecule has 92 valence electrons. The van der Waals surface area contributed by atoms with Crippen molar-refractivity contribution in [2.75, 3.05) is 13.7 Å². The topological polar surface area (TPSA) is 52.3 Å². The van der Waals surface area contributed by atoms with Crippen LogP contribution in [-0.2, 0) is 14.9 Å². The van der Waals surface area contributed by atoms with Crippen molar-refractivity contribution in [1.82, 2.24) is 0 Å². The number of hydrogen-bond acceptors (Lipinski definition) is 3. The van der Waals surface area contributed by atoms with Gasteiger partial charge in [-0.15, -0.1) is 0 Å². The quantitative estimate of drug-likeness (QED) is 0.807. The van der Waals surface area contributed by atoms with Crippen LogP contribution in [0.15, 0.2) is 30.3 Å². The Morgan fingerprint density at radius 1 is 1.41 bits per heavy atom. The van der Waals surface area contributed by atoms with Crippen molar-refractivity contribution in [3.05, 3.63) is 35.9 Å². The largest absolute Gasteiger partial charge is 0.468 e. The van der Waals surface area contributed by atoms with Crippen molar-refractivity contribution in [3.63, 3.8) is 0 Å². The van der Waals surface area contributed by atoms with E-state index in [1.165, 1.54) is 13.5 Å². The lowest BCUT2D eigenvalue weighted by Gasteiger charge is -2.42. The minimum absolute atomic E-state index is 0.198. The van der Waals surface area contributed by atoms with E-state index in [9.17, 15) is 4.79 Å². The Morgan fingerprint density at radius 3 is 2.47 bits per heavy atom. The first-order chi connectivity index (χ1) is 8.25. The number of hydrogen-bond donors (Lipinski definition) is 1. The molecular weight excluding hydrogens is 214 g/mol. The van der Waals surface area contributed by atoms with Gasteiger partial charge in [0.15, 0.2) is 0 Å². The highest BCUT2D eigenvalue weighted by molar-refractivity contribution is 5.84. The zero-order valence-electron chi connectivity index (χ0n) is 10.2. The second-order valence-corrected chi connectivity index (χ2v) is 4.66. The molecule has 1 atom stereocenters. The Hall–Kier alpha value is -1.35. The van der Waals surface area contributed by atoms with Gasteiger partial charge >= 0.3 is 5.97 Å². The van der Waals surface area contributed by atoms with Crippen molar-refractivity contribution >= 4 is 5.97 Å². The molecular formula is C14H19NO2. The van der Waals surface area contributed by atoms with E-state index in [1.807, 2.05) is 30.3 Å². The number of carbonyl (C=O) groups is 1. The maximum absolute atomic E-state index is 12.2. The molecule has 0 saturated heterocycles. The van der Waals surface area contributed by atoms with Crippen LogP contribution in [0.5, 0.6) is 0 Å². The fourth-order valence-corrected chi connectivity index (χ4v) is 2.71. The van der Waals surface area contributed by atoms with Gasteiger partial charge in [-0.25, -0.2) is 0 Å². The van der Waals surface area contributed by atoms with Crippen molar-refractivity contribution < 1.29 is 9.53 Å². The second-order valence-electron chi connectivity index (χ2n) is 4.66. The molecule has 1 saturated carbocycles. The first kappa shape index (κ1) is 12.1. The zero-order valence-corrected chi connectivity index (χ0v) is 10.2. The van der Waals surface area contributed by atoms with Crippen LogP contribution in [0.25, 0.3) is 0 Å². The average molecular weight is 233 g/mol. The van der Waals surface area contributed by atoms with Gasteiger partial charge in [-0.2, -0.15) is 0 Å². The summed E-state index contributed by atoms with van der Waals surface area (Å²) >= 11 is 0. The molecule has 0 aromatic heterocycles. The molecule has 2 N–H and O–H groups in total. The van der Waals surface area contributed by atoms with Crippen LogP contribution in [0.1, 0.15) is 24.8 Å². The molecule has 0 bridgehead atoms. The maximum atomic E-state index is 12.2. The summed E-state index contributed by atoms with van der Waals surface area (Å²) in [5.74, 6) is 0.123. The van der Waals surface area contributed by atoms with E-state index in [0.717, 1.165) is 18.4 Å². The van der Waals surface area contributed by atoms with E-state index < -0.39 is 5.41 Å². The molecule has 2 rings (SSSR count). The van der Waals surface area contributed by atoms with Crippen molar-refractivity contribution in [2.45, 2.75) is 24.7 Å². The van der Waals surface area contributed by atoms with Gasteiger partial charge in [0.1, 0.15) is 5.41 Å². The van der Waals surface area contributed by atoms with E-state index in [4.69, 9.17) is 10.5 Å². The van der Waals surface area contributed by atoms with E-state index in [2.05, 4.69) is 0 Å². The molecule has 1 unspecified atom stereocenters. The summed E-state index contributed by atoms with van der Waals surface area (Å²) in [6.45, 7) is 0.314. The van der Waals surface area contributed by atoms with Gasteiger partial charge in [0.2, 0.25) is 0 Å². The Kier molecular flexibility index (Phi) is 3.48. The summed E-state index contributed by atoms with van der Waals surface area (Å²) in [4.78, 5) is 12.2. The summed E-state index contributed by atoms with van der Waals surface area (Å²) in [6, 6.07) is 9.79. The molecule has 0 spiro atoms. The maximum Gasteiger partial charge on any atom is 0.317 e. The molecule has 1 aromatic rings. The molecule has 17 heavy (non-hydrogen) atoms. The lowest BCUT2D eigenvalue weighted by atomic mass is 9.62. The van der Waals surface area contributed by atoms with E-state index in [-0.39, 0.29) is 5.97 Å². The van der Waals surface area contributed by atoms with Crippen LogP contribution in [0.2, 0.25) is 0 Å². The molecule has 0 amide bonds. The minimum atomic E-state index is -0.645. The average Bonchev–Trinajstić information content (AvgIpc) is 2.33. The van der Waals surface area contributed by atoms with E-state index in [0.29, 0.717) is 12.5 Å². The molecule has 1 fully saturated rings. The molecule has 1 aliphatic rings. The Bertz CT molecular complexity index is 386. The van der Waals surface area contributed by atoms with Gasteiger partial charge in [0.25, 0.3) is 0 Å². The van der Waals surface area contributed by atoms with Crippen LogP contribution < -0.4 is 5.73 Å². The van der Waals surface area contributed by atoms with Crippen LogP contribution in [0.3, 0.4) is 0 Å². The number of benzene rings is 1. The second kappa shape index (κ2) is 4.88. The predicted octanol–water partition coefficient (Wildman–Crippen LogP) is 1.86. The Labute approximate surface area is 102 Å². The fraction of sp³-hybridized carbons (Fsp3) is 0.500. The Morgan fingerprint density at radius 2 is 2.06 bits per heavy atom. The number of ether oxygens (including phenoxy) is 1. The van der Waals surface area contributed by atoms with Gasteiger partial charge in [-0.05, 0) is 24.3 Å². The van der Waals surface area contributed by atoms with Gasteiger partial charge in [-0.3, -0.25) is 4.79 Å². The van der Waals surface area contributed by atoms with Crippen molar-refractivity contribution in [1.29, 1.82) is 0 Å². The number of esters is 1. The summed E-state index contributed by atoms with van der Waals surface area (Å²) in [6.07, 6.45) is 3.29. The van der Waals surface area contributed by atoms with Crippen molar-refractivity contribution in [3.8, 4) is 0 Å². The third-order valence-corrected chi connectivity index (χ3v) is 3.96. The minimum Gasteiger partial charge on any atom is -0.468 e. The van der Waals surface area contributed by atoms with Crippen LogP contribution in [-0.4, -0.2) is 19.6 Å². The monoisotopic (exact) mass is 233 g/mol. The van der Waals surface area contributed by atoms with Crippen molar-refractivity contribution in [2.24, 2.45) is 11.7 Å². The normalized spacial score (nSPS) is 19.2. The summed E-state index contributed by atoms with van der Waals surface area (Å²) in [5.41, 5.74) is 6.27. The van der Waals surface area contributed by atoms with Gasteiger partial charge in [0, 0.05) is 6.54 Å². The van der Waals surface area contributed by atoms with E-state index >= 15 is 0 Å². The van der Waals surface area contributed by atoms with Crippen LogP contribution in [0.4, 0.5) is 0 Å². The zero-order chi connectivity index (χ0) is 12.3. The number of rotatable bonds is 4. The third-order valence-electron chi connectivity index (χ3n) is 3.96. The first-order valence-electron chi connectivity index (χ1n) is 6.09. The summed E-state index contributed by atoms with van der Waals surface area (Å²) in [5, 5.41) is 0. The third kappa shape index (κ3) is 1.84. The number of methoxy groups -OCH3 is 1. The van der Waals surface area contributed by atoms with E-state index in [1.54, 1.807) is 0 Å². The van der Waals surface area contributed by atoms with Crippen LogP contribution in [0, 0.1) is 5.92 Å². The molecule has 1 aliphatic carbocycles. The smallest absolute Gasteiger partial charge is 0.317 e. The summed E-state index contributed by atoms with van der Waals surface area (Å²) in [7, 11) is 1.44. The molecule has 0 aliphatic heterocycles. The van der Waals surface area contributed by atoms with Gasteiger partial charge < -0.3 is 10.5 Å². The highest BCUT2D eigenvalue weighted by Crippen LogP contribution is 2.44. The fourth-order valence-electron chi connectivity index (χ4n) is 2.71. The molecule has 1 aromatic carbocycles. The lowest BCUT2D eigenvalue weighted by Crippen LogP contribution is -2.52. The molecule has 0 heterocycles.